The molecular formula is C16H20O4. The molecule has 108 valence electrons. The molecule has 1 aromatic carbocycles. The maximum Gasteiger partial charge on any atom is 0.306 e. The number of hydrogen-bond donors (Lipinski definition) is 1. The topological polar surface area (TPSA) is 55.8 Å². The maximum absolute atomic E-state index is 10.9. The van der Waals surface area contributed by atoms with Crippen molar-refractivity contribution in [3.05, 3.63) is 23.8 Å². The molecule has 1 heterocycles. The molecule has 0 radical (unpaired) electrons. The molecule has 1 fully saturated rings. The van der Waals surface area contributed by atoms with Gasteiger partial charge in [0, 0.05) is 12.8 Å². The molecule has 0 aromatic heterocycles. The second kappa shape index (κ2) is 5.00. The van der Waals surface area contributed by atoms with E-state index in [0.29, 0.717) is 6.42 Å². The molecule has 4 nitrogen and oxygen atoms in total. The van der Waals surface area contributed by atoms with Gasteiger partial charge in [-0.25, -0.2) is 0 Å². The number of carboxylic acids is 1. The fourth-order valence-electron chi connectivity index (χ4n) is 3.00. The Morgan fingerprint density at radius 3 is 2.65 bits per heavy atom. The molecule has 0 bridgehead atoms. The lowest BCUT2D eigenvalue weighted by molar-refractivity contribution is -0.141. The normalized spacial score (nSPS) is 20.9. The zero-order valence-electron chi connectivity index (χ0n) is 11.7. The van der Waals surface area contributed by atoms with E-state index in [1.165, 1.54) is 6.42 Å². The Hall–Kier alpha value is -1.71. The Bertz CT molecular complexity index is 517. The lowest BCUT2D eigenvalue weighted by Gasteiger charge is -2.31. The molecular weight excluding hydrogens is 256 g/mol. The van der Waals surface area contributed by atoms with Crippen LogP contribution in [0.5, 0.6) is 11.5 Å². The van der Waals surface area contributed by atoms with E-state index >= 15 is 0 Å². The van der Waals surface area contributed by atoms with Crippen LogP contribution in [0.15, 0.2) is 18.2 Å². The number of carbonyl (C=O) groups is 1. The van der Waals surface area contributed by atoms with Crippen molar-refractivity contribution in [1.29, 1.82) is 0 Å². The highest BCUT2D eigenvalue weighted by Gasteiger charge is 2.42. The van der Waals surface area contributed by atoms with Crippen molar-refractivity contribution < 1.29 is 19.4 Å². The summed E-state index contributed by atoms with van der Waals surface area (Å²) in [5.74, 6) is -0.0662. The first kappa shape index (κ1) is 13.3. The van der Waals surface area contributed by atoms with Gasteiger partial charge in [0.05, 0.1) is 5.92 Å². The molecule has 20 heavy (non-hydrogen) atoms. The first-order valence-electron chi connectivity index (χ1n) is 7.32. The number of hydrogen-bond acceptors (Lipinski definition) is 3. The van der Waals surface area contributed by atoms with E-state index < -0.39 is 11.8 Å². The van der Waals surface area contributed by atoms with Crippen LogP contribution >= 0.6 is 0 Å². The van der Waals surface area contributed by atoms with Crippen molar-refractivity contribution >= 4 is 5.97 Å². The Morgan fingerprint density at radius 2 is 1.95 bits per heavy atom. The molecule has 1 N–H and O–H groups in total. The summed E-state index contributed by atoms with van der Waals surface area (Å²) in [6.07, 6.45) is 5.89. The summed E-state index contributed by atoms with van der Waals surface area (Å²) < 4.78 is 12.1. The lowest BCUT2D eigenvalue weighted by Crippen LogP contribution is -2.40. The third kappa shape index (κ3) is 2.47. The fourth-order valence-corrected chi connectivity index (χ4v) is 3.00. The third-order valence-electron chi connectivity index (χ3n) is 4.18. The Balaban J connectivity index is 1.76. The van der Waals surface area contributed by atoms with Crippen molar-refractivity contribution in [2.24, 2.45) is 5.92 Å². The first-order valence-corrected chi connectivity index (χ1v) is 7.32. The Kier molecular flexibility index (Phi) is 3.32. The van der Waals surface area contributed by atoms with Crippen LogP contribution in [0.3, 0.4) is 0 Å². The maximum atomic E-state index is 10.9. The summed E-state index contributed by atoms with van der Waals surface area (Å²) in [5.41, 5.74) is 0.982. The molecule has 1 saturated carbocycles. The zero-order chi connectivity index (χ0) is 14.2. The predicted molar refractivity (Wildman–Crippen MR) is 74.0 cm³/mol. The van der Waals surface area contributed by atoms with Crippen LogP contribution in [0, 0.1) is 5.92 Å². The van der Waals surface area contributed by atoms with Crippen LogP contribution in [-0.4, -0.2) is 16.9 Å². The second-order valence-electron chi connectivity index (χ2n) is 5.90. The summed E-state index contributed by atoms with van der Waals surface area (Å²) in [4.78, 5) is 10.9. The fraction of sp³-hybridized carbons (Fsp3) is 0.562. The van der Waals surface area contributed by atoms with Gasteiger partial charge in [0.2, 0.25) is 0 Å². The average molecular weight is 276 g/mol. The van der Waals surface area contributed by atoms with Gasteiger partial charge in [-0.3, -0.25) is 4.79 Å². The summed E-state index contributed by atoms with van der Waals surface area (Å²) in [6.45, 7) is 1.72. The summed E-state index contributed by atoms with van der Waals surface area (Å²) >= 11 is 0. The predicted octanol–water partition coefficient (Wildman–Crippen LogP) is 3.38. The quantitative estimate of drug-likeness (QED) is 0.919. The molecule has 1 aliphatic carbocycles. The molecule has 0 saturated heterocycles. The monoisotopic (exact) mass is 276 g/mol. The van der Waals surface area contributed by atoms with E-state index in [-0.39, 0.29) is 5.92 Å². The molecule has 3 rings (SSSR count). The molecule has 2 aliphatic rings. The van der Waals surface area contributed by atoms with Gasteiger partial charge in [0.1, 0.15) is 0 Å². The lowest BCUT2D eigenvalue weighted by atomic mass is 9.94. The zero-order valence-corrected chi connectivity index (χ0v) is 11.7. The summed E-state index contributed by atoms with van der Waals surface area (Å²) in [7, 11) is 0. The van der Waals surface area contributed by atoms with Crippen molar-refractivity contribution in [1.82, 2.24) is 0 Å². The van der Waals surface area contributed by atoms with Crippen LogP contribution in [0.1, 0.15) is 44.6 Å². The minimum Gasteiger partial charge on any atom is -0.481 e. The number of ether oxygens (including phenoxy) is 2. The van der Waals surface area contributed by atoms with E-state index in [4.69, 9.17) is 14.6 Å². The van der Waals surface area contributed by atoms with Gasteiger partial charge in [-0.2, -0.15) is 0 Å². The van der Waals surface area contributed by atoms with Crippen LogP contribution in [0.25, 0.3) is 0 Å². The molecule has 4 heteroatoms. The molecule has 1 spiro atoms. The first-order chi connectivity index (χ1) is 9.58. The minimum absolute atomic E-state index is 0.390. The van der Waals surface area contributed by atoms with Gasteiger partial charge in [0.25, 0.3) is 5.79 Å². The smallest absolute Gasteiger partial charge is 0.306 e. The molecule has 1 unspecified atom stereocenters. The highest BCUT2D eigenvalue weighted by atomic mass is 16.7. The van der Waals surface area contributed by atoms with Crippen molar-refractivity contribution in [2.45, 2.75) is 51.2 Å². The number of benzene rings is 1. The van der Waals surface area contributed by atoms with E-state index in [0.717, 1.165) is 42.7 Å². The molecule has 1 atom stereocenters. The number of fused-ring (bicyclic) bond motifs is 1. The van der Waals surface area contributed by atoms with Crippen molar-refractivity contribution in [3.63, 3.8) is 0 Å². The summed E-state index contributed by atoms with van der Waals surface area (Å²) in [5, 5.41) is 8.98. The van der Waals surface area contributed by atoms with Gasteiger partial charge in [-0.1, -0.05) is 19.4 Å². The van der Waals surface area contributed by atoms with E-state index in [9.17, 15) is 4.79 Å². The number of rotatable bonds is 3. The van der Waals surface area contributed by atoms with Gasteiger partial charge in [-0.15, -0.1) is 0 Å². The van der Waals surface area contributed by atoms with Crippen molar-refractivity contribution in [2.75, 3.05) is 0 Å². The Labute approximate surface area is 118 Å². The van der Waals surface area contributed by atoms with E-state index in [1.807, 2.05) is 18.2 Å². The van der Waals surface area contributed by atoms with Gasteiger partial charge < -0.3 is 14.6 Å². The van der Waals surface area contributed by atoms with Gasteiger partial charge in [0.15, 0.2) is 11.5 Å². The average Bonchev–Trinajstić information content (AvgIpc) is 2.76. The summed E-state index contributed by atoms with van der Waals surface area (Å²) in [6, 6.07) is 5.77. The second-order valence-corrected chi connectivity index (χ2v) is 5.90. The van der Waals surface area contributed by atoms with Crippen LogP contribution in [-0.2, 0) is 11.2 Å². The number of carboxylic acid groups (broad SMARTS) is 1. The number of aliphatic carboxylic acids is 1. The molecule has 1 aromatic rings. The van der Waals surface area contributed by atoms with Crippen LogP contribution in [0.2, 0.25) is 0 Å². The van der Waals surface area contributed by atoms with Crippen molar-refractivity contribution in [3.8, 4) is 11.5 Å². The standard InChI is InChI=1S/C16H20O4/c1-11(15(17)18)9-12-5-6-13-14(10-12)20-16(19-13)7-3-2-4-8-16/h5-6,10-11H,2-4,7-9H2,1H3,(H,17,18). The van der Waals surface area contributed by atoms with E-state index in [2.05, 4.69) is 0 Å². The van der Waals surface area contributed by atoms with Crippen LogP contribution < -0.4 is 9.47 Å². The Morgan fingerprint density at radius 1 is 1.25 bits per heavy atom. The third-order valence-corrected chi connectivity index (χ3v) is 4.18. The highest BCUT2D eigenvalue weighted by Crippen LogP contribution is 2.45. The largest absolute Gasteiger partial charge is 0.481 e. The molecule has 1 aliphatic heterocycles. The highest BCUT2D eigenvalue weighted by molar-refractivity contribution is 5.70. The van der Waals surface area contributed by atoms with Gasteiger partial charge in [-0.05, 0) is 37.0 Å². The van der Waals surface area contributed by atoms with Gasteiger partial charge >= 0.3 is 5.97 Å². The van der Waals surface area contributed by atoms with E-state index in [1.54, 1.807) is 6.92 Å². The van der Waals surface area contributed by atoms with Crippen LogP contribution in [0.4, 0.5) is 0 Å². The minimum atomic E-state index is -0.772. The molecule has 0 amide bonds. The SMILES string of the molecule is CC(Cc1ccc2c(c1)OC1(CCCCC1)O2)C(=O)O.